The third kappa shape index (κ3) is 2.83. The molecular weight excluding hydrogens is 280 g/mol. The van der Waals surface area contributed by atoms with E-state index in [0.717, 1.165) is 4.88 Å². The SMILES string of the molecule is CCNC(c1cc(F)c(C)cc1F)c1sccc1OC. The molecular formula is C15H17F2NOS. The zero-order chi connectivity index (χ0) is 14.7. The molecule has 1 heterocycles. The van der Waals surface area contributed by atoms with E-state index in [-0.39, 0.29) is 0 Å². The maximum Gasteiger partial charge on any atom is 0.134 e. The van der Waals surface area contributed by atoms with Gasteiger partial charge < -0.3 is 10.1 Å². The van der Waals surface area contributed by atoms with Crippen LogP contribution in [-0.4, -0.2) is 13.7 Å². The lowest BCUT2D eigenvalue weighted by molar-refractivity contribution is 0.406. The number of hydrogen-bond donors (Lipinski definition) is 1. The van der Waals surface area contributed by atoms with Crippen molar-refractivity contribution in [2.75, 3.05) is 13.7 Å². The van der Waals surface area contributed by atoms with Gasteiger partial charge >= 0.3 is 0 Å². The number of benzene rings is 1. The molecule has 1 aromatic heterocycles. The molecule has 0 bridgehead atoms. The number of thiophene rings is 1. The smallest absolute Gasteiger partial charge is 0.134 e. The first-order valence-electron chi connectivity index (χ1n) is 6.38. The van der Waals surface area contributed by atoms with Crippen LogP contribution in [0.3, 0.4) is 0 Å². The normalized spacial score (nSPS) is 12.4. The van der Waals surface area contributed by atoms with Crippen molar-refractivity contribution in [1.29, 1.82) is 0 Å². The number of hydrogen-bond acceptors (Lipinski definition) is 3. The fraction of sp³-hybridized carbons (Fsp3) is 0.333. The molecule has 0 saturated heterocycles. The van der Waals surface area contributed by atoms with Crippen LogP contribution in [0, 0.1) is 18.6 Å². The minimum absolute atomic E-state index is 0.302. The molecule has 1 aromatic carbocycles. The van der Waals surface area contributed by atoms with Crippen LogP contribution in [0.5, 0.6) is 5.75 Å². The maximum atomic E-state index is 14.2. The minimum atomic E-state index is -0.412. The Kier molecular flexibility index (Phi) is 4.73. The van der Waals surface area contributed by atoms with Gasteiger partial charge in [-0.2, -0.15) is 0 Å². The largest absolute Gasteiger partial charge is 0.496 e. The molecule has 1 atom stereocenters. The second-order valence-corrected chi connectivity index (χ2v) is 5.41. The summed E-state index contributed by atoms with van der Waals surface area (Å²) in [6, 6.07) is 3.91. The Hall–Kier alpha value is -1.46. The topological polar surface area (TPSA) is 21.3 Å². The van der Waals surface area contributed by atoms with E-state index in [1.807, 2.05) is 18.4 Å². The third-order valence-electron chi connectivity index (χ3n) is 3.14. The molecule has 0 aliphatic heterocycles. The predicted octanol–water partition coefficient (Wildman–Crippen LogP) is 4.04. The quantitative estimate of drug-likeness (QED) is 0.899. The van der Waals surface area contributed by atoms with Gasteiger partial charge in [-0.1, -0.05) is 6.92 Å². The third-order valence-corrected chi connectivity index (χ3v) is 4.10. The molecule has 108 valence electrons. The summed E-state index contributed by atoms with van der Waals surface area (Å²) in [6.45, 7) is 4.12. The van der Waals surface area contributed by atoms with E-state index < -0.39 is 17.7 Å². The van der Waals surface area contributed by atoms with Crippen molar-refractivity contribution in [1.82, 2.24) is 5.32 Å². The molecule has 20 heavy (non-hydrogen) atoms. The van der Waals surface area contributed by atoms with Crippen LogP contribution in [-0.2, 0) is 0 Å². The second-order valence-electron chi connectivity index (χ2n) is 4.47. The van der Waals surface area contributed by atoms with Crippen molar-refractivity contribution in [2.24, 2.45) is 0 Å². The average molecular weight is 297 g/mol. The number of ether oxygens (including phenoxy) is 1. The average Bonchev–Trinajstić information content (AvgIpc) is 2.88. The van der Waals surface area contributed by atoms with Gasteiger partial charge in [0.15, 0.2) is 0 Å². The summed E-state index contributed by atoms with van der Waals surface area (Å²) in [5.41, 5.74) is 0.607. The highest BCUT2D eigenvalue weighted by molar-refractivity contribution is 7.10. The van der Waals surface area contributed by atoms with Gasteiger partial charge in [0.2, 0.25) is 0 Å². The van der Waals surface area contributed by atoms with Crippen LogP contribution in [0.25, 0.3) is 0 Å². The predicted molar refractivity (Wildman–Crippen MR) is 77.5 cm³/mol. The van der Waals surface area contributed by atoms with Gasteiger partial charge in [-0.25, -0.2) is 8.78 Å². The number of rotatable bonds is 5. The van der Waals surface area contributed by atoms with Crippen LogP contribution in [0.1, 0.15) is 29.0 Å². The number of nitrogens with one attached hydrogen (secondary N) is 1. The van der Waals surface area contributed by atoms with Crippen molar-refractivity contribution in [3.8, 4) is 5.75 Å². The first kappa shape index (κ1) is 14.9. The molecule has 0 radical (unpaired) electrons. The number of aryl methyl sites for hydroxylation is 1. The van der Waals surface area contributed by atoms with Crippen LogP contribution in [0.2, 0.25) is 0 Å². The summed E-state index contributed by atoms with van der Waals surface area (Å²) >= 11 is 1.46. The highest BCUT2D eigenvalue weighted by Crippen LogP contribution is 2.36. The zero-order valence-electron chi connectivity index (χ0n) is 11.7. The molecule has 0 aliphatic carbocycles. The van der Waals surface area contributed by atoms with Gasteiger partial charge in [0.05, 0.1) is 18.0 Å². The first-order chi connectivity index (χ1) is 9.58. The number of halogens is 2. The van der Waals surface area contributed by atoms with Gasteiger partial charge in [-0.05, 0) is 42.6 Å². The summed E-state index contributed by atoms with van der Waals surface area (Å²) in [6.07, 6.45) is 0. The Labute approximate surface area is 121 Å². The summed E-state index contributed by atoms with van der Waals surface area (Å²) in [7, 11) is 1.57. The monoisotopic (exact) mass is 297 g/mol. The standard InChI is InChI=1S/C15H17F2NOS/c1-4-18-14(15-13(19-3)5-6-20-15)10-8-11(16)9(2)7-12(10)17/h5-8,14,18H,4H2,1-3H3. The van der Waals surface area contributed by atoms with E-state index >= 15 is 0 Å². The highest BCUT2D eigenvalue weighted by atomic mass is 32.1. The van der Waals surface area contributed by atoms with Crippen molar-refractivity contribution in [3.05, 3.63) is 51.2 Å². The summed E-state index contributed by atoms with van der Waals surface area (Å²) in [4.78, 5) is 0.844. The zero-order valence-corrected chi connectivity index (χ0v) is 12.5. The van der Waals surface area contributed by atoms with Crippen LogP contribution >= 0.6 is 11.3 Å². The van der Waals surface area contributed by atoms with E-state index in [1.54, 1.807) is 14.0 Å². The Balaban J connectivity index is 2.51. The summed E-state index contributed by atoms with van der Waals surface area (Å²) in [5.74, 6) is -0.133. The van der Waals surface area contributed by atoms with E-state index in [0.29, 0.717) is 23.4 Å². The molecule has 2 nitrogen and oxygen atoms in total. The molecule has 0 spiro atoms. The van der Waals surface area contributed by atoms with Crippen molar-refractivity contribution in [2.45, 2.75) is 19.9 Å². The Morgan fingerprint density at radius 2 is 2.05 bits per heavy atom. The molecule has 0 saturated carbocycles. The fourth-order valence-corrected chi connectivity index (χ4v) is 3.07. The van der Waals surface area contributed by atoms with Gasteiger partial charge in [-0.15, -0.1) is 11.3 Å². The minimum Gasteiger partial charge on any atom is -0.496 e. The Morgan fingerprint density at radius 3 is 2.70 bits per heavy atom. The van der Waals surface area contributed by atoms with E-state index in [4.69, 9.17) is 4.74 Å². The Bertz CT molecular complexity index is 598. The molecule has 1 N–H and O–H groups in total. The lowest BCUT2D eigenvalue weighted by atomic mass is 10.0. The molecule has 0 fully saturated rings. The van der Waals surface area contributed by atoms with Gasteiger partial charge in [0.25, 0.3) is 0 Å². The highest BCUT2D eigenvalue weighted by Gasteiger charge is 2.23. The van der Waals surface area contributed by atoms with Crippen LogP contribution < -0.4 is 10.1 Å². The molecule has 0 aliphatic rings. The first-order valence-corrected chi connectivity index (χ1v) is 7.26. The molecule has 0 amide bonds. The molecule has 5 heteroatoms. The molecule has 1 unspecified atom stereocenters. The molecule has 2 aromatic rings. The lowest BCUT2D eigenvalue weighted by Gasteiger charge is -2.19. The van der Waals surface area contributed by atoms with E-state index in [1.165, 1.54) is 23.5 Å². The van der Waals surface area contributed by atoms with Gasteiger partial charge in [-0.3, -0.25) is 0 Å². The van der Waals surface area contributed by atoms with Crippen molar-refractivity contribution >= 4 is 11.3 Å². The van der Waals surface area contributed by atoms with Crippen molar-refractivity contribution in [3.63, 3.8) is 0 Å². The van der Waals surface area contributed by atoms with E-state index in [9.17, 15) is 8.78 Å². The summed E-state index contributed by atoms with van der Waals surface area (Å²) < 4.78 is 33.2. The van der Waals surface area contributed by atoms with Gasteiger partial charge in [0, 0.05) is 5.56 Å². The second kappa shape index (κ2) is 6.33. The molecule has 2 rings (SSSR count). The Morgan fingerprint density at radius 1 is 1.30 bits per heavy atom. The lowest BCUT2D eigenvalue weighted by Crippen LogP contribution is -2.23. The van der Waals surface area contributed by atoms with Crippen LogP contribution in [0.15, 0.2) is 23.6 Å². The summed E-state index contributed by atoms with van der Waals surface area (Å²) in [5, 5.41) is 5.06. The fourth-order valence-electron chi connectivity index (χ4n) is 2.12. The van der Waals surface area contributed by atoms with Crippen molar-refractivity contribution < 1.29 is 13.5 Å². The number of methoxy groups -OCH3 is 1. The van der Waals surface area contributed by atoms with E-state index in [2.05, 4.69) is 5.32 Å². The maximum absolute atomic E-state index is 14.2. The van der Waals surface area contributed by atoms with Crippen LogP contribution in [0.4, 0.5) is 8.78 Å². The van der Waals surface area contributed by atoms with Gasteiger partial charge in [0.1, 0.15) is 17.4 Å².